The molecule has 0 aromatic carbocycles. The normalized spacial score (nSPS) is 23.1. The third kappa shape index (κ3) is 2.59. The largest absolute Gasteiger partial charge is 0.482 e. The summed E-state index contributed by atoms with van der Waals surface area (Å²) in [7, 11) is 0. The Morgan fingerprint density at radius 1 is 1.23 bits per heavy atom. The fourth-order valence-corrected chi connectivity index (χ4v) is 3.49. The average Bonchev–Trinajstić information content (AvgIpc) is 3.08. The maximum atomic E-state index is 10.5. The highest BCUT2D eigenvalue weighted by Crippen LogP contribution is 2.37. The fraction of sp³-hybridized carbons (Fsp3) is 0.529. The minimum atomic E-state index is -0.601. The second-order valence-corrected chi connectivity index (χ2v) is 6.91. The number of hydrogen-bond acceptors (Lipinski definition) is 7. The zero-order valence-electron chi connectivity index (χ0n) is 14.6. The van der Waals surface area contributed by atoms with Gasteiger partial charge in [0.05, 0.1) is 25.3 Å². The van der Waals surface area contributed by atoms with Crippen LogP contribution in [0.1, 0.15) is 25.8 Å². The lowest BCUT2D eigenvalue weighted by atomic mass is 10.3. The van der Waals surface area contributed by atoms with Gasteiger partial charge in [-0.05, 0) is 19.8 Å². The monoisotopic (exact) mass is 355 g/mol. The smallest absolute Gasteiger partial charge is 0.165 e. The standard InChI is InChI=1S/C17H21N7O2/c1-2-23-6-12(5-21-23)26-14-8-22(7-13(14)25)16-15-17(19-9-18-16)24(10-20-15)11-3-4-11/h5-6,9-11,13-14,25H,2-4,7-8H2,1H3/t13-,14-/m1/s1. The van der Waals surface area contributed by atoms with Crippen molar-refractivity contribution in [3.05, 3.63) is 25.0 Å². The van der Waals surface area contributed by atoms with Crippen LogP contribution in [0.5, 0.6) is 5.75 Å². The minimum absolute atomic E-state index is 0.333. The van der Waals surface area contributed by atoms with Gasteiger partial charge < -0.3 is 19.3 Å². The molecular formula is C17H21N7O2. The topological polar surface area (TPSA) is 94.1 Å². The van der Waals surface area contributed by atoms with Crippen LogP contribution in [0.15, 0.2) is 25.0 Å². The molecule has 9 heteroatoms. The van der Waals surface area contributed by atoms with Gasteiger partial charge in [-0.2, -0.15) is 5.10 Å². The van der Waals surface area contributed by atoms with Gasteiger partial charge in [0.2, 0.25) is 0 Å². The van der Waals surface area contributed by atoms with Crippen LogP contribution >= 0.6 is 0 Å². The predicted octanol–water partition coefficient (Wildman–Crippen LogP) is 1.01. The lowest BCUT2D eigenvalue weighted by Crippen LogP contribution is -2.29. The number of nitrogens with zero attached hydrogens (tertiary/aromatic N) is 7. The molecule has 2 aliphatic rings. The number of hydrogen-bond donors (Lipinski definition) is 1. The Balaban J connectivity index is 1.38. The van der Waals surface area contributed by atoms with Gasteiger partial charge in [0.1, 0.15) is 18.5 Å². The quantitative estimate of drug-likeness (QED) is 0.730. The molecule has 136 valence electrons. The van der Waals surface area contributed by atoms with E-state index in [-0.39, 0.29) is 6.10 Å². The van der Waals surface area contributed by atoms with E-state index in [9.17, 15) is 5.11 Å². The predicted molar refractivity (Wildman–Crippen MR) is 94.1 cm³/mol. The van der Waals surface area contributed by atoms with Crippen molar-refractivity contribution in [1.29, 1.82) is 0 Å². The second-order valence-electron chi connectivity index (χ2n) is 6.91. The average molecular weight is 355 g/mol. The van der Waals surface area contributed by atoms with Crippen molar-refractivity contribution in [1.82, 2.24) is 29.3 Å². The van der Waals surface area contributed by atoms with E-state index in [1.165, 1.54) is 12.8 Å². The molecule has 1 saturated heterocycles. The zero-order valence-corrected chi connectivity index (χ0v) is 14.6. The van der Waals surface area contributed by atoms with Crippen molar-refractivity contribution in [3.63, 3.8) is 0 Å². The maximum Gasteiger partial charge on any atom is 0.165 e. The summed E-state index contributed by atoms with van der Waals surface area (Å²) in [6.45, 7) is 3.80. The number of ether oxygens (including phenoxy) is 1. The first-order valence-corrected chi connectivity index (χ1v) is 9.02. The number of β-amino-alcohol motifs (C(OH)–C–C–N with tert-alkyl or cyclic N) is 1. The van der Waals surface area contributed by atoms with Gasteiger partial charge >= 0.3 is 0 Å². The van der Waals surface area contributed by atoms with Crippen LogP contribution < -0.4 is 9.64 Å². The third-order valence-electron chi connectivity index (χ3n) is 5.04. The van der Waals surface area contributed by atoms with Crippen molar-refractivity contribution in [2.45, 2.75) is 44.6 Å². The number of aryl methyl sites for hydroxylation is 1. The van der Waals surface area contributed by atoms with Crippen molar-refractivity contribution < 1.29 is 9.84 Å². The summed E-state index contributed by atoms with van der Waals surface area (Å²) >= 11 is 0. The maximum absolute atomic E-state index is 10.5. The van der Waals surface area contributed by atoms with Crippen LogP contribution in [0.25, 0.3) is 11.2 Å². The first-order valence-electron chi connectivity index (χ1n) is 9.02. The van der Waals surface area contributed by atoms with E-state index in [2.05, 4.69) is 24.6 Å². The Morgan fingerprint density at radius 3 is 2.88 bits per heavy atom. The number of imidazole rings is 1. The molecule has 2 fully saturated rings. The van der Waals surface area contributed by atoms with E-state index in [4.69, 9.17) is 4.74 Å². The molecule has 1 aliphatic carbocycles. The zero-order chi connectivity index (χ0) is 17.7. The van der Waals surface area contributed by atoms with Crippen molar-refractivity contribution in [3.8, 4) is 5.75 Å². The lowest BCUT2D eigenvalue weighted by Gasteiger charge is -2.17. The second kappa shape index (κ2) is 5.94. The van der Waals surface area contributed by atoms with E-state index in [1.807, 2.05) is 24.3 Å². The molecule has 5 rings (SSSR count). The van der Waals surface area contributed by atoms with Crippen LogP contribution in [-0.4, -0.2) is 59.7 Å². The molecule has 0 amide bonds. The van der Waals surface area contributed by atoms with Gasteiger partial charge in [-0.3, -0.25) is 4.68 Å². The minimum Gasteiger partial charge on any atom is -0.482 e. The lowest BCUT2D eigenvalue weighted by molar-refractivity contribution is 0.0737. The highest BCUT2D eigenvalue weighted by Gasteiger charge is 2.36. The Labute approximate surface area is 150 Å². The van der Waals surface area contributed by atoms with Gasteiger partial charge in [0.15, 0.2) is 22.7 Å². The molecule has 4 heterocycles. The van der Waals surface area contributed by atoms with Gasteiger partial charge in [-0.25, -0.2) is 15.0 Å². The number of anilines is 1. The highest BCUT2D eigenvalue weighted by molar-refractivity contribution is 5.83. The number of fused-ring (bicyclic) bond motifs is 1. The van der Waals surface area contributed by atoms with E-state index < -0.39 is 6.10 Å². The Morgan fingerprint density at radius 2 is 2.12 bits per heavy atom. The molecule has 3 aromatic heterocycles. The van der Waals surface area contributed by atoms with Gasteiger partial charge in [-0.1, -0.05) is 0 Å². The van der Waals surface area contributed by atoms with Crippen LogP contribution in [-0.2, 0) is 6.54 Å². The molecule has 1 aliphatic heterocycles. The van der Waals surface area contributed by atoms with Crippen LogP contribution in [0.2, 0.25) is 0 Å². The van der Waals surface area contributed by atoms with Crippen LogP contribution in [0.3, 0.4) is 0 Å². The molecule has 0 radical (unpaired) electrons. The molecule has 3 aromatic rings. The summed E-state index contributed by atoms with van der Waals surface area (Å²) in [6, 6.07) is 0.512. The molecule has 0 unspecified atom stereocenters. The summed E-state index contributed by atoms with van der Waals surface area (Å²) in [5.74, 6) is 1.42. The summed E-state index contributed by atoms with van der Waals surface area (Å²) in [4.78, 5) is 15.4. The van der Waals surface area contributed by atoms with Crippen LogP contribution in [0, 0.1) is 0 Å². The number of aliphatic hydroxyl groups is 1. The fourth-order valence-electron chi connectivity index (χ4n) is 3.49. The molecule has 9 nitrogen and oxygen atoms in total. The molecule has 1 saturated carbocycles. The summed E-state index contributed by atoms with van der Waals surface area (Å²) in [6.07, 6.45) is 8.36. The molecular weight excluding hydrogens is 334 g/mol. The molecule has 0 bridgehead atoms. The van der Waals surface area contributed by atoms with E-state index in [0.717, 1.165) is 23.5 Å². The van der Waals surface area contributed by atoms with Gasteiger partial charge in [0, 0.05) is 19.1 Å². The van der Waals surface area contributed by atoms with Crippen molar-refractivity contribution >= 4 is 17.0 Å². The number of aromatic nitrogens is 6. The first kappa shape index (κ1) is 15.6. The van der Waals surface area contributed by atoms with E-state index in [0.29, 0.717) is 24.9 Å². The molecule has 2 atom stereocenters. The van der Waals surface area contributed by atoms with Crippen LogP contribution in [0.4, 0.5) is 5.82 Å². The SMILES string of the molecule is CCn1cc(O[C@@H]2CN(c3ncnc4c3ncn4C3CC3)C[C@H]2O)cn1. The Kier molecular flexibility index (Phi) is 3.56. The summed E-state index contributed by atoms with van der Waals surface area (Å²) in [5, 5.41) is 14.7. The molecule has 26 heavy (non-hydrogen) atoms. The summed E-state index contributed by atoms with van der Waals surface area (Å²) < 4.78 is 9.87. The molecule has 1 N–H and O–H groups in total. The summed E-state index contributed by atoms with van der Waals surface area (Å²) in [5.41, 5.74) is 1.65. The van der Waals surface area contributed by atoms with Gasteiger partial charge in [0.25, 0.3) is 0 Å². The van der Waals surface area contributed by atoms with Gasteiger partial charge in [-0.15, -0.1) is 0 Å². The molecule has 0 spiro atoms. The van der Waals surface area contributed by atoms with E-state index >= 15 is 0 Å². The van der Waals surface area contributed by atoms with Crippen molar-refractivity contribution in [2.24, 2.45) is 0 Å². The van der Waals surface area contributed by atoms with E-state index in [1.54, 1.807) is 17.2 Å². The van der Waals surface area contributed by atoms with Crippen molar-refractivity contribution in [2.75, 3.05) is 18.0 Å². The third-order valence-corrected chi connectivity index (χ3v) is 5.04. The Bertz CT molecular complexity index is 932. The first-order chi connectivity index (χ1) is 12.7. The highest BCUT2D eigenvalue weighted by atomic mass is 16.5. The number of aliphatic hydroxyl groups excluding tert-OH is 1. The number of rotatable bonds is 5. The Hall–Kier alpha value is -2.68.